The van der Waals surface area contributed by atoms with Crippen LogP contribution in [0.25, 0.3) is 11.1 Å². The highest BCUT2D eigenvalue weighted by Gasteiger charge is 2.14. The molecule has 2 nitrogen and oxygen atoms in total. The van der Waals surface area contributed by atoms with Crippen molar-refractivity contribution in [1.82, 2.24) is 0 Å². The standard InChI is InChI=1S/C23H20Cl2O2/c1-23(2,3)17-6-9-19(10-7-17)27-22-12-15(4-5-16(22)14-26)20-13-18(24)8-11-21(20)25/h4-14H,1-3H3. The zero-order chi connectivity index (χ0) is 19.6. The van der Waals surface area contributed by atoms with Crippen LogP contribution in [0.2, 0.25) is 10.0 Å². The fraction of sp³-hybridized carbons (Fsp3) is 0.174. The average molecular weight is 399 g/mol. The quantitative estimate of drug-likeness (QED) is 0.423. The van der Waals surface area contributed by atoms with E-state index < -0.39 is 0 Å². The molecule has 0 aliphatic carbocycles. The van der Waals surface area contributed by atoms with Gasteiger partial charge < -0.3 is 4.74 Å². The minimum absolute atomic E-state index is 0.0652. The van der Waals surface area contributed by atoms with Crippen molar-refractivity contribution in [3.05, 3.63) is 81.8 Å². The van der Waals surface area contributed by atoms with Crippen LogP contribution in [-0.2, 0) is 5.41 Å². The number of benzene rings is 3. The van der Waals surface area contributed by atoms with Gasteiger partial charge in [-0.25, -0.2) is 0 Å². The van der Waals surface area contributed by atoms with Gasteiger partial charge in [0.1, 0.15) is 11.5 Å². The van der Waals surface area contributed by atoms with Crippen LogP contribution in [-0.4, -0.2) is 6.29 Å². The SMILES string of the molecule is CC(C)(C)c1ccc(Oc2cc(-c3cc(Cl)ccc3Cl)ccc2C=O)cc1. The Balaban J connectivity index is 1.97. The zero-order valence-electron chi connectivity index (χ0n) is 15.4. The minimum Gasteiger partial charge on any atom is -0.457 e. The summed E-state index contributed by atoms with van der Waals surface area (Å²) in [5, 5.41) is 1.17. The van der Waals surface area contributed by atoms with Crippen molar-refractivity contribution in [1.29, 1.82) is 0 Å². The largest absolute Gasteiger partial charge is 0.457 e. The second-order valence-electron chi connectivity index (χ2n) is 7.37. The van der Waals surface area contributed by atoms with Crippen LogP contribution >= 0.6 is 23.2 Å². The highest BCUT2D eigenvalue weighted by Crippen LogP contribution is 2.35. The average Bonchev–Trinajstić information content (AvgIpc) is 2.63. The Morgan fingerprint density at radius 2 is 1.59 bits per heavy atom. The van der Waals surface area contributed by atoms with Gasteiger partial charge in [-0.05, 0) is 59.0 Å². The first-order chi connectivity index (χ1) is 12.8. The second kappa shape index (κ2) is 7.75. The van der Waals surface area contributed by atoms with Crippen LogP contribution in [0.3, 0.4) is 0 Å². The second-order valence-corrected chi connectivity index (χ2v) is 8.21. The number of carbonyl (C=O) groups is 1. The molecular formula is C23H20Cl2O2. The van der Waals surface area contributed by atoms with Gasteiger partial charge in [-0.15, -0.1) is 0 Å². The lowest BCUT2D eigenvalue weighted by Gasteiger charge is -2.19. The molecule has 138 valence electrons. The number of hydrogen-bond acceptors (Lipinski definition) is 2. The normalized spacial score (nSPS) is 11.3. The summed E-state index contributed by atoms with van der Waals surface area (Å²) in [6.07, 6.45) is 0.780. The Hall–Kier alpha value is -2.29. The molecule has 0 atom stereocenters. The Kier molecular flexibility index (Phi) is 5.59. The number of halogens is 2. The molecule has 0 unspecified atom stereocenters. The van der Waals surface area contributed by atoms with E-state index >= 15 is 0 Å². The van der Waals surface area contributed by atoms with E-state index in [9.17, 15) is 4.79 Å². The number of aldehydes is 1. The van der Waals surface area contributed by atoms with Crippen LogP contribution < -0.4 is 4.74 Å². The Morgan fingerprint density at radius 1 is 0.889 bits per heavy atom. The lowest BCUT2D eigenvalue weighted by molar-refractivity contribution is 0.112. The van der Waals surface area contributed by atoms with Gasteiger partial charge in [-0.1, -0.05) is 62.2 Å². The Bertz CT molecular complexity index is 971. The molecule has 0 spiro atoms. The van der Waals surface area contributed by atoms with E-state index in [1.807, 2.05) is 30.3 Å². The fourth-order valence-electron chi connectivity index (χ4n) is 2.76. The van der Waals surface area contributed by atoms with Crippen LogP contribution in [0, 0.1) is 0 Å². The first-order valence-electron chi connectivity index (χ1n) is 8.61. The van der Waals surface area contributed by atoms with Gasteiger partial charge in [0.05, 0.1) is 5.56 Å². The van der Waals surface area contributed by atoms with Crippen molar-refractivity contribution in [2.45, 2.75) is 26.2 Å². The van der Waals surface area contributed by atoms with E-state index in [4.69, 9.17) is 27.9 Å². The molecule has 3 aromatic rings. The van der Waals surface area contributed by atoms with E-state index in [1.54, 1.807) is 30.3 Å². The highest BCUT2D eigenvalue weighted by molar-refractivity contribution is 6.35. The first-order valence-corrected chi connectivity index (χ1v) is 9.36. The molecule has 0 fully saturated rings. The van der Waals surface area contributed by atoms with Crippen molar-refractivity contribution in [2.75, 3.05) is 0 Å². The molecule has 0 saturated carbocycles. The monoisotopic (exact) mass is 398 g/mol. The van der Waals surface area contributed by atoms with Crippen molar-refractivity contribution in [3.63, 3.8) is 0 Å². The summed E-state index contributed by atoms with van der Waals surface area (Å²) >= 11 is 12.4. The topological polar surface area (TPSA) is 26.3 Å². The summed E-state index contributed by atoms with van der Waals surface area (Å²) in [5.41, 5.74) is 3.36. The maximum absolute atomic E-state index is 11.4. The van der Waals surface area contributed by atoms with Gasteiger partial charge in [-0.2, -0.15) is 0 Å². The van der Waals surface area contributed by atoms with Crippen molar-refractivity contribution in [3.8, 4) is 22.6 Å². The van der Waals surface area contributed by atoms with E-state index in [0.29, 0.717) is 27.1 Å². The minimum atomic E-state index is 0.0652. The molecule has 0 aromatic heterocycles. The summed E-state index contributed by atoms with van der Waals surface area (Å²) in [7, 11) is 0. The summed E-state index contributed by atoms with van der Waals surface area (Å²) in [6.45, 7) is 6.47. The van der Waals surface area contributed by atoms with Crippen molar-refractivity contribution < 1.29 is 9.53 Å². The Morgan fingerprint density at radius 3 is 2.22 bits per heavy atom. The molecule has 4 heteroatoms. The van der Waals surface area contributed by atoms with Gasteiger partial charge in [0.25, 0.3) is 0 Å². The summed E-state index contributed by atoms with van der Waals surface area (Å²) in [4.78, 5) is 11.4. The molecular weight excluding hydrogens is 379 g/mol. The third-order valence-corrected chi connectivity index (χ3v) is 4.89. The van der Waals surface area contributed by atoms with Crippen LogP contribution in [0.1, 0.15) is 36.7 Å². The lowest BCUT2D eigenvalue weighted by Crippen LogP contribution is -2.10. The summed E-state index contributed by atoms with van der Waals surface area (Å²) in [5.74, 6) is 1.14. The van der Waals surface area contributed by atoms with Crippen LogP contribution in [0.4, 0.5) is 0 Å². The molecule has 0 aliphatic rings. The summed E-state index contributed by atoms with van der Waals surface area (Å²) in [6, 6.07) is 18.5. The molecule has 0 heterocycles. The molecule has 3 rings (SSSR count). The molecule has 0 aliphatic heterocycles. The van der Waals surface area contributed by atoms with Gasteiger partial charge in [0.2, 0.25) is 0 Å². The summed E-state index contributed by atoms with van der Waals surface area (Å²) < 4.78 is 5.99. The molecule has 0 radical (unpaired) electrons. The number of ether oxygens (including phenoxy) is 1. The van der Waals surface area contributed by atoms with Gasteiger partial charge in [0.15, 0.2) is 6.29 Å². The molecule has 0 amide bonds. The maximum atomic E-state index is 11.4. The Labute approximate surface area is 169 Å². The number of rotatable bonds is 4. The predicted molar refractivity (Wildman–Crippen MR) is 113 cm³/mol. The highest BCUT2D eigenvalue weighted by atomic mass is 35.5. The maximum Gasteiger partial charge on any atom is 0.153 e. The third kappa shape index (κ3) is 4.52. The van der Waals surface area contributed by atoms with Gasteiger partial charge in [-0.3, -0.25) is 4.79 Å². The molecule has 27 heavy (non-hydrogen) atoms. The van der Waals surface area contributed by atoms with E-state index in [2.05, 4.69) is 20.8 Å². The van der Waals surface area contributed by atoms with E-state index in [0.717, 1.165) is 17.4 Å². The molecule has 0 bridgehead atoms. The van der Waals surface area contributed by atoms with Crippen molar-refractivity contribution >= 4 is 29.5 Å². The number of carbonyl (C=O) groups excluding carboxylic acids is 1. The smallest absolute Gasteiger partial charge is 0.153 e. The van der Waals surface area contributed by atoms with E-state index in [-0.39, 0.29) is 5.41 Å². The first kappa shape index (κ1) is 19.5. The number of hydrogen-bond donors (Lipinski definition) is 0. The molecule has 0 saturated heterocycles. The molecule has 0 N–H and O–H groups in total. The molecule has 3 aromatic carbocycles. The zero-order valence-corrected chi connectivity index (χ0v) is 16.9. The van der Waals surface area contributed by atoms with Crippen LogP contribution in [0.5, 0.6) is 11.5 Å². The fourth-order valence-corrected chi connectivity index (χ4v) is 3.16. The van der Waals surface area contributed by atoms with Crippen LogP contribution in [0.15, 0.2) is 60.7 Å². The van der Waals surface area contributed by atoms with Gasteiger partial charge >= 0.3 is 0 Å². The third-order valence-electron chi connectivity index (χ3n) is 4.33. The van der Waals surface area contributed by atoms with Gasteiger partial charge in [0, 0.05) is 15.6 Å². The van der Waals surface area contributed by atoms with Crippen molar-refractivity contribution in [2.24, 2.45) is 0 Å². The van der Waals surface area contributed by atoms with E-state index in [1.165, 1.54) is 5.56 Å². The lowest BCUT2D eigenvalue weighted by atomic mass is 9.87. The predicted octanol–water partition coefficient (Wildman–Crippen LogP) is 7.56.